The number of carbonyl (C=O) groups is 2. The van der Waals surface area contributed by atoms with Crippen LogP contribution < -0.4 is 5.32 Å². The van der Waals surface area contributed by atoms with Gasteiger partial charge in [-0.2, -0.15) is 11.3 Å². The Labute approximate surface area is 111 Å². The summed E-state index contributed by atoms with van der Waals surface area (Å²) in [6, 6.07) is 1.58. The number of piperazine rings is 1. The molecule has 0 bridgehead atoms. The number of hydrogen-bond acceptors (Lipinski definition) is 3. The van der Waals surface area contributed by atoms with Crippen LogP contribution in [0.2, 0.25) is 0 Å². The Hall–Kier alpha value is -1.36. The Morgan fingerprint density at radius 2 is 2.11 bits per heavy atom. The summed E-state index contributed by atoms with van der Waals surface area (Å²) in [6.07, 6.45) is 0. The molecule has 1 aromatic rings. The van der Waals surface area contributed by atoms with E-state index in [0.29, 0.717) is 0 Å². The van der Waals surface area contributed by atoms with Gasteiger partial charge in [-0.1, -0.05) is 13.8 Å². The van der Waals surface area contributed by atoms with E-state index in [4.69, 9.17) is 0 Å². The first kappa shape index (κ1) is 13.1. The van der Waals surface area contributed by atoms with Gasteiger partial charge in [0, 0.05) is 0 Å². The molecule has 2 unspecified atom stereocenters. The molecular weight excluding hydrogens is 248 g/mol. The molecule has 98 valence electrons. The number of nitrogens with one attached hydrogen (secondary N) is 1. The lowest BCUT2D eigenvalue weighted by atomic mass is 9.96. The zero-order chi connectivity index (χ0) is 13.3. The van der Waals surface area contributed by atoms with E-state index in [-0.39, 0.29) is 36.4 Å². The van der Waals surface area contributed by atoms with Crippen molar-refractivity contribution >= 4 is 23.2 Å². The van der Waals surface area contributed by atoms with E-state index in [0.717, 1.165) is 5.56 Å². The highest BCUT2D eigenvalue weighted by molar-refractivity contribution is 7.07. The second-order valence-electron chi connectivity index (χ2n) is 4.94. The van der Waals surface area contributed by atoms with Crippen LogP contribution in [0.15, 0.2) is 16.8 Å². The van der Waals surface area contributed by atoms with Crippen LogP contribution in [0.5, 0.6) is 0 Å². The Bertz CT molecular complexity index is 442. The van der Waals surface area contributed by atoms with Crippen LogP contribution in [0.3, 0.4) is 0 Å². The molecule has 4 nitrogen and oxygen atoms in total. The summed E-state index contributed by atoms with van der Waals surface area (Å²) in [5, 5.41) is 6.69. The number of rotatable bonds is 3. The number of amides is 2. The van der Waals surface area contributed by atoms with E-state index in [9.17, 15) is 9.59 Å². The minimum absolute atomic E-state index is 0.00741. The number of nitrogens with zero attached hydrogens (tertiary/aromatic N) is 1. The van der Waals surface area contributed by atoms with E-state index in [1.165, 1.54) is 0 Å². The zero-order valence-electron chi connectivity index (χ0n) is 10.8. The van der Waals surface area contributed by atoms with Crippen molar-refractivity contribution in [1.82, 2.24) is 10.2 Å². The number of thiophene rings is 1. The molecule has 0 radical (unpaired) electrons. The van der Waals surface area contributed by atoms with E-state index in [1.54, 1.807) is 16.2 Å². The first-order valence-corrected chi connectivity index (χ1v) is 7.07. The molecule has 2 atom stereocenters. The maximum absolute atomic E-state index is 12.1. The molecule has 1 aliphatic rings. The summed E-state index contributed by atoms with van der Waals surface area (Å²) in [7, 11) is 0. The van der Waals surface area contributed by atoms with Crippen LogP contribution in [-0.4, -0.2) is 29.3 Å². The fourth-order valence-corrected chi connectivity index (χ4v) is 3.14. The molecule has 1 aliphatic heterocycles. The van der Waals surface area contributed by atoms with Crippen LogP contribution >= 0.6 is 11.3 Å². The van der Waals surface area contributed by atoms with Crippen molar-refractivity contribution in [3.8, 4) is 0 Å². The topological polar surface area (TPSA) is 49.4 Å². The smallest absolute Gasteiger partial charge is 0.243 e. The Morgan fingerprint density at radius 1 is 1.39 bits per heavy atom. The average molecular weight is 266 g/mol. The Morgan fingerprint density at radius 3 is 2.67 bits per heavy atom. The van der Waals surface area contributed by atoms with Gasteiger partial charge in [-0.05, 0) is 35.2 Å². The third-order valence-corrected chi connectivity index (χ3v) is 4.05. The lowest BCUT2D eigenvalue weighted by Gasteiger charge is -2.40. The predicted molar refractivity (Wildman–Crippen MR) is 71.2 cm³/mol. The largest absolute Gasteiger partial charge is 0.345 e. The van der Waals surface area contributed by atoms with E-state index in [2.05, 4.69) is 5.32 Å². The van der Waals surface area contributed by atoms with Crippen molar-refractivity contribution in [2.75, 3.05) is 6.54 Å². The molecule has 18 heavy (non-hydrogen) atoms. The molecule has 2 amide bonds. The normalized spacial score (nSPS) is 22.2. The van der Waals surface area contributed by atoms with Crippen LogP contribution in [0.4, 0.5) is 0 Å². The highest BCUT2D eigenvalue weighted by Crippen LogP contribution is 2.28. The SMILES string of the molecule is CC(C)C1C(=O)NCC(=O)N1C(C)c1ccsc1. The molecule has 1 saturated heterocycles. The maximum atomic E-state index is 12.1. The van der Waals surface area contributed by atoms with E-state index in [1.807, 2.05) is 37.6 Å². The molecule has 2 rings (SSSR count). The van der Waals surface area contributed by atoms with Crippen molar-refractivity contribution in [1.29, 1.82) is 0 Å². The summed E-state index contributed by atoms with van der Waals surface area (Å²) in [5.41, 5.74) is 1.09. The van der Waals surface area contributed by atoms with Gasteiger partial charge in [0.25, 0.3) is 0 Å². The maximum Gasteiger partial charge on any atom is 0.243 e. The van der Waals surface area contributed by atoms with Crippen LogP contribution in [-0.2, 0) is 9.59 Å². The first-order chi connectivity index (χ1) is 8.52. The third kappa shape index (κ3) is 2.27. The van der Waals surface area contributed by atoms with Gasteiger partial charge in [-0.3, -0.25) is 9.59 Å². The van der Waals surface area contributed by atoms with Gasteiger partial charge in [0.05, 0.1) is 12.6 Å². The molecule has 1 fully saturated rings. The number of carbonyl (C=O) groups excluding carboxylic acids is 2. The fraction of sp³-hybridized carbons (Fsp3) is 0.538. The van der Waals surface area contributed by atoms with Gasteiger partial charge in [-0.25, -0.2) is 0 Å². The van der Waals surface area contributed by atoms with Gasteiger partial charge in [0.15, 0.2) is 0 Å². The van der Waals surface area contributed by atoms with E-state index < -0.39 is 0 Å². The van der Waals surface area contributed by atoms with Crippen LogP contribution in [0.1, 0.15) is 32.4 Å². The van der Waals surface area contributed by atoms with E-state index >= 15 is 0 Å². The standard InChI is InChI=1S/C13H18N2O2S/c1-8(2)12-13(17)14-6-11(16)15(12)9(3)10-4-5-18-7-10/h4-5,7-9,12H,6H2,1-3H3,(H,14,17). The molecular formula is C13H18N2O2S. The van der Waals surface area contributed by atoms with Gasteiger partial charge >= 0.3 is 0 Å². The summed E-state index contributed by atoms with van der Waals surface area (Å²) in [6.45, 7) is 6.02. The zero-order valence-corrected chi connectivity index (χ0v) is 11.7. The molecule has 5 heteroatoms. The highest BCUT2D eigenvalue weighted by Gasteiger charge is 2.39. The summed E-state index contributed by atoms with van der Waals surface area (Å²) < 4.78 is 0. The van der Waals surface area contributed by atoms with Crippen molar-refractivity contribution in [2.24, 2.45) is 5.92 Å². The summed E-state index contributed by atoms with van der Waals surface area (Å²) in [4.78, 5) is 25.8. The van der Waals surface area contributed by atoms with Gasteiger partial charge in [0.1, 0.15) is 6.04 Å². The first-order valence-electron chi connectivity index (χ1n) is 6.13. The quantitative estimate of drug-likeness (QED) is 0.907. The Kier molecular flexibility index (Phi) is 3.71. The number of hydrogen-bond donors (Lipinski definition) is 1. The lowest BCUT2D eigenvalue weighted by molar-refractivity contribution is -0.150. The molecule has 0 aromatic carbocycles. The van der Waals surface area contributed by atoms with Crippen LogP contribution in [0.25, 0.3) is 0 Å². The molecule has 0 spiro atoms. The highest BCUT2D eigenvalue weighted by atomic mass is 32.1. The van der Waals surface area contributed by atoms with Gasteiger partial charge in [0.2, 0.25) is 11.8 Å². The van der Waals surface area contributed by atoms with Crippen molar-refractivity contribution in [3.63, 3.8) is 0 Å². The summed E-state index contributed by atoms with van der Waals surface area (Å²) >= 11 is 1.61. The molecule has 0 saturated carbocycles. The molecule has 1 aromatic heterocycles. The minimum Gasteiger partial charge on any atom is -0.345 e. The fourth-order valence-electron chi connectivity index (χ4n) is 2.39. The van der Waals surface area contributed by atoms with Crippen molar-refractivity contribution in [2.45, 2.75) is 32.9 Å². The van der Waals surface area contributed by atoms with Crippen LogP contribution in [0, 0.1) is 5.92 Å². The lowest BCUT2D eigenvalue weighted by Crippen LogP contribution is -2.60. The van der Waals surface area contributed by atoms with Gasteiger partial charge in [-0.15, -0.1) is 0 Å². The third-order valence-electron chi connectivity index (χ3n) is 3.34. The minimum atomic E-state index is -0.374. The second kappa shape index (κ2) is 5.10. The van der Waals surface area contributed by atoms with Crippen molar-refractivity contribution < 1.29 is 9.59 Å². The predicted octanol–water partition coefficient (Wildman–Crippen LogP) is 1.79. The summed E-state index contributed by atoms with van der Waals surface area (Å²) in [5.74, 6) is 0.0500. The monoisotopic (exact) mass is 266 g/mol. The molecule has 0 aliphatic carbocycles. The second-order valence-corrected chi connectivity index (χ2v) is 5.72. The van der Waals surface area contributed by atoms with Gasteiger partial charge < -0.3 is 10.2 Å². The molecule has 2 heterocycles. The average Bonchev–Trinajstić information content (AvgIpc) is 2.84. The molecule has 1 N–H and O–H groups in total. The van der Waals surface area contributed by atoms with Crippen molar-refractivity contribution in [3.05, 3.63) is 22.4 Å². The Balaban J connectivity index is 2.31.